The molecule has 0 radical (unpaired) electrons. The summed E-state index contributed by atoms with van der Waals surface area (Å²) in [7, 11) is 0. The number of aromatic nitrogens is 3. The van der Waals surface area contributed by atoms with Gasteiger partial charge in [-0.25, -0.2) is 9.97 Å². The molecule has 0 unspecified atom stereocenters. The lowest BCUT2D eigenvalue weighted by Crippen LogP contribution is -1.98. The van der Waals surface area contributed by atoms with Crippen LogP contribution in [0.25, 0.3) is 127 Å². The molecular formula is C64H41N3. The van der Waals surface area contributed by atoms with Crippen LogP contribution in [0.3, 0.4) is 0 Å². The van der Waals surface area contributed by atoms with Crippen LogP contribution in [-0.2, 0) is 0 Å². The number of para-hydroxylation sites is 3. The molecule has 2 aromatic heterocycles. The average molecular weight is 852 g/mol. The smallest absolute Gasteiger partial charge is 0.160 e. The molecule has 2 heterocycles. The molecule has 0 atom stereocenters. The first kappa shape index (κ1) is 38.5. The Hall–Kier alpha value is -8.92. The summed E-state index contributed by atoms with van der Waals surface area (Å²) in [6.07, 6.45) is 0. The molecular weight excluding hydrogens is 811 g/mol. The van der Waals surface area contributed by atoms with E-state index in [4.69, 9.17) is 9.97 Å². The maximum atomic E-state index is 5.43. The second-order valence-corrected chi connectivity index (χ2v) is 17.3. The lowest BCUT2D eigenvalue weighted by atomic mass is 9.89. The molecule has 0 aliphatic heterocycles. The molecule has 312 valence electrons. The Bertz CT molecular complexity index is 4000. The van der Waals surface area contributed by atoms with Crippen molar-refractivity contribution >= 4 is 54.1 Å². The van der Waals surface area contributed by atoms with Gasteiger partial charge in [-0.1, -0.05) is 218 Å². The predicted molar refractivity (Wildman–Crippen MR) is 282 cm³/mol. The highest BCUT2D eigenvalue weighted by atomic mass is 15.0. The maximum Gasteiger partial charge on any atom is 0.160 e. The van der Waals surface area contributed by atoms with Gasteiger partial charge in [-0.3, -0.25) is 0 Å². The van der Waals surface area contributed by atoms with E-state index >= 15 is 0 Å². The lowest BCUT2D eigenvalue weighted by molar-refractivity contribution is 1.18. The highest BCUT2D eigenvalue weighted by Crippen LogP contribution is 2.43. The number of fused-ring (bicyclic) bond motifs is 7. The molecule has 0 saturated heterocycles. The van der Waals surface area contributed by atoms with E-state index in [2.05, 4.69) is 253 Å². The molecule has 13 aromatic rings. The third-order valence-electron chi connectivity index (χ3n) is 13.4. The van der Waals surface area contributed by atoms with Gasteiger partial charge in [0.1, 0.15) is 0 Å². The monoisotopic (exact) mass is 851 g/mol. The fourth-order valence-electron chi connectivity index (χ4n) is 10.3. The first-order chi connectivity index (χ1) is 33.2. The normalized spacial score (nSPS) is 11.6. The Morgan fingerprint density at radius 3 is 1.66 bits per heavy atom. The Balaban J connectivity index is 0.996. The Labute approximate surface area is 388 Å². The fraction of sp³-hybridized carbons (Fsp3) is 0. The van der Waals surface area contributed by atoms with Gasteiger partial charge >= 0.3 is 0 Å². The van der Waals surface area contributed by atoms with E-state index in [-0.39, 0.29) is 0 Å². The summed E-state index contributed by atoms with van der Waals surface area (Å²) in [4.78, 5) is 10.8. The number of nitrogens with zero attached hydrogens (tertiary/aromatic N) is 3. The molecule has 0 bridgehead atoms. The highest BCUT2D eigenvalue weighted by Gasteiger charge is 2.21. The van der Waals surface area contributed by atoms with Crippen LogP contribution in [0, 0.1) is 0 Å². The van der Waals surface area contributed by atoms with Crippen molar-refractivity contribution in [2.24, 2.45) is 0 Å². The van der Waals surface area contributed by atoms with Crippen LogP contribution in [0.1, 0.15) is 0 Å². The van der Waals surface area contributed by atoms with Gasteiger partial charge in [0.15, 0.2) is 5.82 Å². The van der Waals surface area contributed by atoms with Crippen molar-refractivity contribution < 1.29 is 0 Å². The van der Waals surface area contributed by atoms with Crippen molar-refractivity contribution in [3.63, 3.8) is 0 Å². The molecule has 0 aliphatic rings. The summed E-state index contributed by atoms with van der Waals surface area (Å²) in [6.45, 7) is 0. The summed E-state index contributed by atoms with van der Waals surface area (Å²) in [5, 5.41) is 9.91. The first-order valence-electron chi connectivity index (χ1n) is 22.9. The maximum absolute atomic E-state index is 5.43. The molecule has 0 saturated carbocycles. The Morgan fingerprint density at radius 2 is 0.851 bits per heavy atom. The third-order valence-corrected chi connectivity index (χ3v) is 13.4. The second kappa shape index (κ2) is 16.0. The van der Waals surface area contributed by atoms with Gasteiger partial charge < -0.3 is 4.57 Å². The summed E-state index contributed by atoms with van der Waals surface area (Å²) < 4.78 is 2.41. The van der Waals surface area contributed by atoms with Gasteiger partial charge in [0.25, 0.3) is 0 Å². The van der Waals surface area contributed by atoms with Crippen LogP contribution < -0.4 is 0 Å². The lowest BCUT2D eigenvalue weighted by Gasteiger charge is -2.16. The summed E-state index contributed by atoms with van der Waals surface area (Å²) in [6, 6.07) is 89.4. The minimum absolute atomic E-state index is 0.675. The van der Waals surface area contributed by atoms with Crippen LogP contribution in [-0.4, -0.2) is 14.5 Å². The van der Waals surface area contributed by atoms with Crippen molar-refractivity contribution in [1.82, 2.24) is 14.5 Å². The van der Waals surface area contributed by atoms with Crippen LogP contribution in [0.4, 0.5) is 0 Å². The van der Waals surface area contributed by atoms with Crippen molar-refractivity contribution in [2.75, 3.05) is 0 Å². The topological polar surface area (TPSA) is 30.7 Å². The van der Waals surface area contributed by atoms with Gasteiger partial charge in [0, 0.05) is 38.7 Å². The highest BCUT2D eigenvalue weighted by molar-refractivity contribution is 6.20. The quantitative estimate of drug-likeness (QED) is 0.118. The first-order valence-corrected chi connectivity index (χ1v) is 22.9. The second-order valence-electron chi connectivity index (χ2n) is 17.3. The van der Waals surface area contributed by atoms with E-state index < -0.39 is 0 Å². The predicted octanol–water partition coefficient (Wildman–Crippen LogP) is 17.0. The van der Waals surface area contributed by atoms with E-state index in [1.807, 2.05) is 0 Å². The third kappa shape index (κ3) is 6.59. The molecule has 0 spiro atoms. The molecule has 13 rings (SSSR count). The number of rotatable bonds is 7. The van der Waals surface area contributed by atoms with Crippen LogP contribution in [0.15, 0.2) is 249 Å². The van der Waals surface area contributed by atoms with Crippen LogP contribution in [0.5, 0.6) is 0 Å². The van der Waals surface area contributed by atoms with Crippen LogP contribution >= 0.6 is 0 Å². The molecule has 67 heavy (non-hydrogen) atoms. The van der Waals surface area contributed by atoms with E-state index in [0.29, 0.717) is 5.82 Å². The van der Waals surface area contributed by atoms with E-state index in [1.54, 1.807) is 0 Å². The zero-order valence-electron chi connectivity index (χ0n) is 36.5. The van der Waals surface area contributed by atoms with Crippen LogP contribution in [0.2, 0.25) is 0 Å². The molecule has 3 heteroatoms. The van der Waals surface area contributed by atoms with E-state index in [9.17, 15) is 0 Å². The van der Waals surface area contributed by atoms with Gasteiger partial charge in [-0.05, 0) is 90.5 Å². The largest absolute Gasteiger partial charge is 0.309 e. The van der Waals surface area contributed by atoms with Gasteiger partial charge in [0.05, 0.1) is 22.4 Å². The van der Waals surface area contributed by atoms with Crippen molar-refractivity contribution in [1.29, 1.82) is 0 Å². The fourth-order valence-corrected chi connectivity index (χ4v) is 10.3. The van der Waals surface area contributed by atoms with Crippen molar-refractivity contribution in [3.05, 3.63) is 249 Å². The molecule has 0 fully saturated rings. The molecule has 11 aromatic carbocycles. The van der Waals surface area contributed by atoms with Crippen molar-refractivity contribution in [2.45, 2.75) is 0 Å². The zero-order valence-corrected chi connectivity index (χ0v) is 36.5. The van der Waals surface area contributed by atoms with Gasteiger partial charge in [-0.15, -0.1) is 0 Å². The van der Waals surface area contributed by atoms with Gasteiger partial charge in [-0.2, -0.15) is 0 Å². The molecule has 0 amide bonds. The summed E-state index contributed by atoms with van der Waals surface area (Å²) in [5.41, 5.74) is 15.2. The Morgan fingerprint density at radius 1 is 0.284 bits per heavy atom. The molecule has 3 nitrogen and oxygen atoms in total. The van der Waals surface area contributed by atoms with Gasteiger partial charge in [0.2, 0.25) is 0 Å². The summed E-state index contributed by atoms with van der Waals surface area (Å²) >= 11 is 0. The molecule has 0 aliphatic carbocycles. The van der Waals surface area contributed by atoms with E-state index in [0.717, 1.165) is 56.0 Å². The zero-order chi connectivity index (χ0) is 44.3. The average Bonchev–Trinajstić information content (AvgIpc) is 3.75. The van der Waals surface area contributed by atoms with E-state index in [1.165, 1.54) is 65.3 Å². The minimum atomic E-state index is 0.675. The van der Waals surface area contributed by atoms with Crippen molar-refractivity contribution in [3.8, 4) is 73.0 Å². The SMILES string of the molecule is c1ccc(-c2ccc(-c3nc(-c4ccc(-c5c6ccccc6cc6c5ccc5ccccc56)cc4)cc(-c4ccccc4-c4cccc5c6ccccc6n(-c6ccccc6)c45)n3)cc2)cc1. The number of hydrogen-bond acceptors (Lipinski definition) is 2. The molecule has 0 N–H and O–H groups in total. The number of benzene rings is 11. The standard InChI is InChI=1S/C64H41N3/c1-3-16-42(17-4-1)43-30-36-47(37-31-43)64-65-59(45-32-34-46(35-33-45)62-51-23-10-8-19-48(51)40-58-50-22-9-7-18-44(50)38-39-55(58)62)41-60(66-64)53-25-12-11-24-52(53)56-27-15-28-57-54-26-13-14-29-61(54)67(63(56)57)49-20-5-2-6-21-49/h1-41H. The minimum Gasteiger partial charge on any atom is -0.309 e. The Kier molecular flexibility index (Phi) is 9.17. The number of hydrogen-bond donors (Lipinski definition) is 0. The summed E-state index contributed by atoms with van der Waals surface area (Å²) in [5.74, 6) is 0.675.